The number of nitrogens with one attached hydrogen (secondary N) is 1. The van der Waals surface area contributed by atoms with E-state index in [1.807, 2.05) is 0 Å². The van der Waals surface area contributed by atoms with Crippen LogP contribution in [0.3, 0.4) is 0 Å². The van der Waals surface area contributed by atoms with Gasteiger partial charge in [0.1, 0.15) is 5.82 Å². The van der Waals surface area contributed by atoms with Crippen molar-refractivity contribution in [3.63, 3.8) is 0 Å². The van der Waals surface area contributed by atoms with Crippen LogP contribution in [0.4, 0.5) is 10.1 Å². The Labute approximate surface area is 138 Å². The molecule has 7 heteroatoms. The van der Waals surface area contributed by atoms with Crippen LogP contribution in [-0.4, -0.2) is 5.91 Å². The summed E-state index contributed by atoms with van der Waals surface area (Å²) in [5.74, 6) is -1.08. The van der Waals surface area contributed by atoms with Crippen molar-refractivity contribution in [2.24, 2.45) is 0 Å². The summed E-state index contributed by atoms with van der Waals surface area (Å²) in [6, 6.07) is 7.04. The maximum absolute atomic E-state index is 13.4. The second kappa shape index (κ2) is 6.31. The molecule has 0 aliphatic rings. The van der Waals surface area contributed by atoms with Crippen molar-refractivity contribution in [3.05, 3.63) is 61.3 Å². The Bertz CT molecular complexity index is 670. The fraction of sp³-hybridized carbons (Fsp3) is 0. The van der Waals surface area contributed by atoms with E-state index in [1.165, 1.54) is 30.3 Å². The molecule has 0 heterocycles. The first kappa shape index (κ1) is 15.6. The number of hydrogen-bond acceptors (Lipinski definition) is 1. The topological polar surface area (TPSA) is 29.1 Å². The van der Waals surface area contributed by atoms with Crippen molar-refractivity contribution in [2.45, 2.75) is 0 Å². The minimum Gasteiger partial charge on any atom is -0.319 e. The first-order valence-corrected chi connectivity index (χ1v) is 7.22. The monoisotopic (exact) mass is 395 g/mol. The second-order valence-electron chi connectivity index (χ2n) is 3.80. The molecule has 104 valence electrons. The number of rotatable bonds is 2. The van der Waals surface area contributed by atoms with Crippen molar-refractivity contribution in [1.29, 1.82) is 0 Å². The molecule has 0 aliphatic heterocycles. The van der Waals surface area contributed by atoms with Crippen LogP contribution in [-0.2, 0) is 0 Å². The summed E-state index contributed by atoms with van der Waals surface area (Å²) < 4.78 is 13.5. The van der Waals surface area contributed by atoms with Crippen LogP contribution in [0.15, 0.2) is 34.8 Å². The maximum Gasteiger partial charge on any atom is 0.256 e. The molecule has 0 unspecified atom stereocenters. The fourth-order valence-electron chi connectivity index (χ4n) is 1.52. The molecule has 0 radical (unpaired) electrons. The van der Waals surface area contributed by atoms with E-state index in [4.69, 9.17) is 34.8 Å². The van der Waals surface area contributed by atoms with Crippen molar-refractivity contribution in [2.75, 3.05) is 5.32 Å². The Hall–Kier alpha value is -0.810. The molecular weight excluding hydrogens is 391 g/mol. The van der Waals surface area contributed by atoms with Gasteiger partial charge < -0.3 is 5.32 Å². The van der Waals surface area contributed by atoms with Crippen molar-refractivity contribution >= 4 is 62.3 Å². The predicted octanol–water partition coefficient (Wildman–Crippen LogP) is 5.80. The van der Waals surface area contributed by atoms with E-state index in [0.717, 1.165) is 0 Å². The van der Waals surface area contributed by atoms with Gasteiger partial charge in [0.15, 0.2) is 0 Å². The first-order chi connectivity index (χ1) is 9.40. The van der Waals surface area contributed by atoms with Gasteiger partial charge in [-0.3, -0.25) is 4.79 Å². The average Bonchev–Trinajstić information content (AvgIpc) is 2.36. The normalized spacial score (nSPS) is 10.4. The highest BCUT2D eigenvalue weighted by molar-refractivity contribution is 9.10. The number of anilines is 1. The van der Waals surface area contributed by atoms with Gasteiger partial charge in [-0.1, -0.05) is 40.9 Å². The Balaban J connectivity index is 2.36. The van der Waals surface area contributed by atoms with Gasteiger partial charge in [0, 0.05) is 5.02 Å². The molecule has 0 spiro atoms. The van der Waals surface area contributed by atoms with Gasteiger partial charge in [0.2, 0.25) is 0 Å². The lowest BCUT2D eigenvalue weighted by Crippen LogP contribution is -2.13. The molecule has 2 nitrogen and oxygen atoms in total. The second-order valence-corrected chi connectivity index (χ2v) is 5.84. The summed E-state index contributed by atoms with van der Waals surface area (Å²) in [6.07, 6.45) is 0. The fourth-order valence-corrected chi connectivity index (χ4v) is 2.88. The lowest BCUT2D eigenvalue weighted by molar-refractivity contribution is 0.102. The van der Waals surface area contributed by atoms with Crippen LogP contribution >= 0.6 is 50.7 Å². The molecule has 20 heavy (non-hydrogen) atoms. The van der Waals surface area contributed by atoms with Gasteiger partial charge in [-0.05, 0) is 40.2 Å². The molecule has 1 N–H and O–H groups in total. The number of halogens is 5. The number of carbonyl (C=O) groups is 1. The lowest BCUT2D eigenvalue weighted by atomic mass is 10.2. The van der Waals surface area contributed by atoms with E-state index in [2.05, 4.69) is 21.2 Å². The highest BCUT2D eigenvalue weighted by Crippen LogP contribution is 2.34. The molecule has 0 atom stereocenters. The van der Waals surface area contributed by atoms with Gasteiger partial charge in [-0.2, -0.15) is 0 Å². The molecule has 2 rings (SSSR count). The van der Waals surface area contributed by atoms with Crippen LogP contribution < -0.4 is 5.32 Å². The van der Waals surface area contributed by atoms with Crippen LogP contribution in [0.5, 0.6) is 0 Å². The van der Waals surface area contributed by atoms with E-state index < -0.39 is 11.7 Å². The molecular formula is C13H6BrCl3FNO. The SMILES string of the molecule is O=C(Nc1c(Cl)cc(Cl)cc1Cl)c1cccc(F)c1Br. The Morgan fingerprint density at radius 2 is 1.75 bits per heavy atom. The van der Waals surface area contributed by atoms with E-state index in [0.29, 0.717) is 5.02 Å². The smallest absolute Gasteiger partial charge is 0.256 e. The van der Waals surface area contributed by atoms with Crippen LogP contribution in [0.25, 0.3) is 0 Å². The standard InChI is InChI=1S/C13H6BrCl3FNO/c14-11-7(2-1-3-10(11)18)13(20)19-12-8(16)4-6(15)5-9(12)17/h1-5H,(H,19,20). The average molecular weight is 397 g/mol. The molecule has 0 aliphatic carbocycles. The third kappa shape index (κ3) is 3.26. The lowest BCUT2D eigenvalue weighted by Gasteiger charge is -2.11. The van der Waals surface area contributed by atoms with Gasteiger partial charge in [-0.15, -0.1) is 0 Å². The summed E-state index contributed by atoms with van der Waals surface area (Å²) in [6.45, 7) is 0. The van der Waals surface area contributed by atoms with Crippen molar-refractivity contribution in [3.8, 4) is 0 Å². The minimum atomic E-state index is -0.539. The zero-order chi connectivity index (χ0) is 14.9. The van der Waals surface area contributed by atoms with E-state index in [9.17, 15) is 9.18 Å². The van der Waals surface area contributed by atoms with Gasteiger partial charge >= 0.3 is 0 Å². The quantitative estimate of drug-likeness (QED) is 0.682. The molecule has 0 saturated heterocycles. The van der Waals surface area contributed by atoms with Crippen molar-refractivity contribution in [1.82, 2.24) is 0 Å². The molecule has 0 fully saturated rings. The molecule has 2 aromatic carbocycles. The Morgan fingerprint density at radius 1 is 1.15 bits per heavy atom. The zero-order valence-electron chi connectivity index (χ0n) is 9.68. The first-order valence-electron chi connectivity index (χ1n) is 5.30. The summed E-state index contributed by atoms with van der Waals surface area (Å²) in [4.78, 5) is 12.1. The van der Waals surface area contributed by atoms with E-state index in [1.54, 1.807) is 0 Å². The van der Waals surface area contributed by atoms with E-state index >= 15 is 0 Å². The summed E-state index contributed by atoms with van der Waals surface area (Å²) in [5.41, 5.74) is 0.353. The molecule has 1 amide bonds. The third-order valence-corrected chi connectivity index (χ3v) is 4.06. The summed E-state index contributed by atoms with van der Waals surface area (Å²) in [5, 5.41) is 3.28. The van der Waals surface area contributed by atoms with Crippen LogP contribution in [0.2, 0.25) is 15.1 Å². The Morgan fingerprint density at radius 3 is 2.35 bits per heavy atom. The van der Waals surface area contributed by atoms with Gasteiger partial charge in [0.25, 0.3) is 5.91 Å². The number of carbonyl (C=O) groups excluding carboxylic acids is 1. The van der Waals surface area contributed by atoms with Gasteiger partial charge in [-0.25, -0.2) is 4.39 Å². The Kier molecular flexibility index (Phi) is 4.91. The van der Waals surface area contributed by atoms with Crippen molar-refractivity contribution < 1.29 is 9.18 Å². The zero-order valence-corrected chi connectivity index (χ0v) is 13.5. The summed E-state index contributed by atoms with van der Waals surface area (Å²) >= 11 is 20.7. The third-order valence-electron chi connectivity index (χ3n) is 2.44. The highest BCUT2D eigenvalue weighted by atomic mass is 79.9. The number of hydrogen-bond donors (Lipinski definition) is 1. The largest absolute Gasteiger partial charge is 0.319 e. The van der Waals surface area contributed by atoms with Crippen LogP contribution in [0.1, 0.15) is 10.4 Å². The molecule has 0 bridgehead atoms. The molecule has 0 saturated carbocycles. The molecule has 2 aromatic rings. The maximum atomic E-state index is 13.4. The van der Waals surface area contributed by atoms with E-state index in [-0.39, 0.29) is 25.8 Å². The van der Waals surface area contributed by atoms with Gasteiger partial charge in [0.05, 0.1) is 25.8 Å². The number of benzene rings is 2. The number of amides is 1. The minimum absolute atomic E-state index is 0.0682. The summed E-state index contributed by atoms with van der Waals surface area (Å²) in [7, 11) is 0. The highest BCUT2D eigenvalue weighted by Gasteiger charge is 2.16. The molecule has 0 aromatic heterocycles. The van der Waals surface area contributed by atoms with Crippen LogP contribution in [0, 0.1) is 5.82 Å². The predicted molar refractivity (Wildman–Crippen MR) is 83.5 cm³/mol.